The Bertz CT molecular complexity index is 439. The van der Waals surface area contributed by atoms with Crippen LogP contribution in [0.2, 0.25) is 0 Å². The maximum Gasteiger partial charge on any atom is 0.337 e. The number of carboxylic acid groups (broad SMARTS) is 1. The Kier molecular flexibility index (Phi) is 3.87. The second kappa shape index (κ2) is 5.40. The molecule has 0 amide bonds. The molecule has 1 saturated heterocycles. The molecule has 1 aliphatic rings. The Hall–Kier alpha value is -1.55. The molecule has 0 aliphatic carbocycles. The molecule has 4 heteroatoms. The fourth-order valence-corrected chi connectivity index (χ4v) is 2.35. The van der Waals surface area contributed by atoms with Crippen LogP contribution in [0, 0.1) is 0 Å². The summed E-state index contributed by atoms with van der Waals surface area (Å²) < 4.78 is 5.23. The van der Waals surface area contributed by atoms with Crippen LogP contribution in [0.3, 0.4) is 0 Å². The van der Waals surface area contributed by atoms with Gasteiger partial charge >= 0.3 is 5.97 Å². The van der Waals surface area contributed by atoms with Crippen molar-refractivity contribution in [3.05, 3.63) is 29.3 Å². The van der Waals surface area contributed by atoms with Crippen molar-refractivity contribution >= 4 is 11.7 Å². The fourth-order valence-electron chi connectivity index (χ4n) is 2.35. The van der Waals surface area contributed by atoms with Gasteiger partial charge in [-0.3, -0.25) is 0 Å². The lowest BCUT2D eigenvalue weighted by molar-refractivity contribution is 0.0697. The number of anilines is 1. The summed E-state index contributed by atoms with van der Waals surface area (Å²) in [5.41, 5.74) is 2.10. The van der Waals surface area contributed by atoms with E-state index in [0.29, 0.717) is 5.56 Å². The molecule has 18 heavy (non-hydrogen) atoms. The van der Waals surface area contributed by atoms with Crippen LogP contribution in [0.5, 0.6) is 0 Å². The summed E-state index contributed by atoms with van der Waals surface area (Å²) >= 11 is 0. The summed E-state index contributed by atoms with van der Waals surface area (Å²) in [6.07, 6.45) is 2.18. The fraction of sp³-hybridized carbons (Fsp3) is 0.500. The first kappa shape index (κ1) is 12.9. The number of benzene rings is 1. The molecule has 0 spiro atoms. The zero-order chi connectivity index (χ0) is 13.1. The standard InChI is InChI=1S/C14H19NO3/c1-10(18-2)11-5-6-13(12(9-11)14(16)17)15-7-3-4-8-15/h5-6,9-10H,3-4,7-8H2,1-2H3,(H,16,17). The highest BCUT2D eigenvalue weighted by atomic mass is 16.5. The van der Waals surface area contributed by atoms with Gasteiger partial charge in [0, 0.05) is 20.2 Å². The van der Waals surface area contributed by atoms with Crippen molar-refractivity contribution in [2.24, 2.45) is 0 Å². The minimum Gasteiger partial charge on any atom is -0.478 e. The molecule has 0 saturated carbocycles. The first-order valence-corrected chi connectivity index (χ1v) is 6.28. The lowest BCUT2D eigenvalue weighted by Gasteiger charge is -2.21. The lowest BCUT2D eigenvalue weighted by atomic mass is 10.0. The van der Waals surface area contributed by atoms with Crippen molar-refractivity contribution in [3.63, 3.8) is 0 Å². The molecule has 1 atom stereocenters. The second-order valence-electron chi connectivity index (χ2n) is 4.65. The van der Waals surface area contributed by atoms with Gasteiger partial charge in [-0.15, -0.1) is 0 Å². The number of rotatable bonds is 4. The normalized spacial score (nSPS) is 16.9. The largest absolute Gasteiger partial charge is 0.478 e. The molecule has 1 fully saturated rings. The van der Waals surface area contributed by atoms with Crippen LogP contribution in [-0.4, -0.2) is 31.3 Å². The van der Waals surface area contributed by atoms with Crippen molar-refractivity contribution in [1.82, 2.24) is 0 Å². The van der Waals surface area contributed by atoms with Crippen molar-refractivity contribution in [2.75, 3.05) is 25.1 Å². The average Bonchev–Trinajstić information content (AvgIpc) is 2.90. The van der Waals surface area contributed by atoms with Crippen molar-refractivity contribution < 1.29 is 14.6 Å². The number of hydrogen-bond acceptors (Lipinski definition) is 3. The van der Waals surface area contributed by atoms with Crippen LogP contribution in [0.25, 0.3) is 0 Å². The highest BCUT2D eigenvalue weighted by Gasteiger charge is 2.20. The third-order valence-electron chi connectivity index (χ3n) is 3.52. The molecule has 0 radical (unpaired) electrons. The Morgan fingerprint density at radius 1 is 1.39 bits per heavy atom. The Morgan fingerprint density at radius 3 is 2.61 bits per heavy atom. The number of hydrogen-bond donors (Lipinski definition) is 1. The molecule has 2 rings (SSSR count). The molecule has 0 aromatic heterocycles. The van der Waals surface area contributed by atoms with Crippen LogP contribution in [0.15, 0.2) is 18.2 Å². The molecular formula is C14H19NO3. The number of ether oxygens (including phenoxy) is 1. The molecule has 98 valence electrons. The van der Waals surface area contributed by atoms with Crippen LogP contribution in [-0.2, 0) is 4.74 Å². The van der Waals surface area contributed by atoms with Crippen molar-refractivity contribution in [2.45, 2.75) is 25.9 Å². The van der Waals surface area contributed by atoms with Gasteiger partial charge in [0.15, 0.2) is 0 Å². The first-order valence-electron chi connectivity index (χ1n) is 6.28. The summed E-state index contributed by atoms with van der Waals surface area (Å²) in [5.74, 6) is -0.873. The van der Waals surface area contributed by atoms with Gasteiger partial charge in [0.25, 0.3) is 0 Å². The number of nitrogens with zero attached hydrogens (tertiary/aromatic N) is 1. The zero-order valence-corrected chi connectivity index (χ0v) is 10.8. The summed E-state index contributed by atoms with van der Waals surface area (Å²) in [5, 5.41) is 9.34. The second-order valence-corrected chi connectivity index (χ2v) is 4.65. The van der Waals surface area contributed by atoms with E-state index in [4.69, 9.17) is 4.74 Å². The number of aromatic carboxylic acids is 1. The Morgan fingerprint density at radius 2 is 2.06 bits per heavy atom. The van der Waals surface area contributed by atoms with Gasteiger partial charge in [-0.25, -0.2) is 4.79 Å². The topological polar surface area (TPSA) is 49.8 Å². The highest BCUT2D eigenvalue weighted by molar-refractivity contribution is 5.94. The highest BCUT2D eigenvalue weighted by Crippen LogP contribution is 2.28. The van der Waals surface area contributed by atoms with Gasteiger partial charge in [0.2, 0.25) is 0 Å². The minimum atomic E-state index is -0.873. The summed E-state index contributed by atoms with van der Waals surface area (Å²) in [4.78, 5) is 13.5. The Labute approximate surface area is 107 Å². The monoisotopic (exact) mass is 249 g/mol. The van der Waals surface area contributed by atoms with Gasteiger partial charge in [-0.1, -0.05) is 6.07 Å². The third kappa shape index (κ3) is 2.48. The molecular weight excluding hydrogens is 230 g/mol. The molecule has 1 aromatic rings. The molecule has 1 aromatic carbocycles. The maximum atomic E-state index is 11.4. The van der Waals surface area contributed by atoms with E-state index >= 15 is 0 Å². The first-order chi connectivity index (χ1) is 8.63. The van der Waals surface area contributed by atoms with Crippen LogP contribution in [0.4, 0.5) is 5.69 Å². The maximum absolute atomic E-state index is 11.4. The van der Waals surface area contributed by atoms with E-state index in [0.717, 1.165) is 37.2 Å². The van der Waals surface area contributed by atoms with Crippen LogP contribution >= 0.6 is 0 Å². The summed E-state index contributed by atoms with van der Waals surface area (Å²) in [6.45, 7) is 3.80. The van der Waals surface area contributed by atoms with Crippen LogP contribution < -0.4 is 4.90 Å². The van der Waals surface area contributed by atoms with E-state index < -0.39 is 5.97 Å². The third-order valence-corrected chi connectivity index (χ3v) is 3.52. The number of carboxylic acids is 1. The predicted octanol–water partition coefficient (Wildman–Crippen LogP) is 2.69. The molecule has 0 bridgehead atoms. The van der Waals surface area contributed by atoms with E-state index in [2.05, 4.69) is 4.90 Å². The van der Waals surface area contributed by atoms with E-state index in [1.165, 1.54) is 0 Å². The van der Waals surface area contributed by atoms with Gasteiger partial charge in [-0.05, 0) is 37.5 Å². The molecule has 1 aliphatic heterocycles. The molecule has 1 unspecified atom stereocenters. The Balaban J connectivity index is 2.37. The van der Waals surface area contributed by atoms with Gasteiger partial charge in [0.05, 0.1) is 17.4 Å². The number of methoxy groups -OCH3 is 1. The number of carbonyl (C=O) groups is 1. The summed E-state index contributed by atoms with van der Waals surface area (Å²) in [7, 11) is 1.62. The minimum absolute atomic E-state index is 0.0873. The summed E-state index contributed by atoms with van der Waals surface area (Å²) in [6, 6.07) is 5.58. The smallest absolute Gasteiger partial charge is 0.337 e. The predicted molar refractivity (Wildman–Crippen MR) is 70.3 cm³/mol. The molecule has 4 nitrogen and oxygen atoms in total. The van der Waals surface area contributed by atoms with E-state index in [-0.39, 0.29) is 6.10 Å². The van der Waals surface area contributed by atoms with Gasteiger partial charge < -0.3 is 14.7 Å². The van der Waals surface area contributed by atoms with Gasteiger partial charge in [-0.2, -0.15) is 0 Å². The van der Waals surface area contributed by atoms with Crippen molar-refractivity contribution in [1.29, 1.82) is 0 Å². The molecule has 1 N–H and O–H groups in total. The SMILES string of the molecule is COC(C)c1ccc(N2CCCC2)c(C(=O)O)c1. The van der Waals surface area contributed by atoms with Gasteiger partial charge in [0.1, 0.15) is 0 Å². The molecule has 1 heterocycles. The van der Waals surface area contributed by atoms with Crippen LogP contribution in [0.1, 0.15) is 41.8 Å². The van der Waals surface area contributed by atoms with E-state index in [9.17, 15) is 9.90 Å². The lowest BCUT2D eigenvalue weighted by Crippen LogP contribution is -2.21. The average molecular weight is 249 g/mol. The van der Waals surface area contributed by atoms with E-state index in [1.807, 2.05) is 19.1 Å². The zero-order valence-electron chi connectivity index (χ0n) is 10.8. The quantitative estimate of drug-likeness (QED) is 0.891. The van der Waals surface area contributed by atoms with E-state index in [1.54, 1.807) is 13.2 Å². The van der Waals surface area contributed by atoms with Crippen molar-refractivity contribution in [3.8, 4) is 0 Å².